The Morgan fingerprint density at radius 2 is 0.810 bits per heavy atom. The van der Waals surface area contributed by atoms with Crippen molar-refractivity contribution < 1.29 is 9.83 Å². The SMILES string of the molecule is [O]O[Si](c1ccccc1)(c1ccccc1)c1ccccc1. The molecule has 3 aromatic carbocycles. The van der Waals surface area contributed by atoms with Crippen LogP contribution in [0.2, 0.25) is 0 Å². The minimum Gasteiger partial charge on any atom is -0.237 e. The molecule has 0 fully saturated rings. The molecule has 0 saturated carbocycles. The first kappa shape index (κ1) is 13.8. The van der Waals surface area contributed by atoms with E-state index in [2.05, 4.69) is 0 Å². The molecule has 3 rings (SSSR count). The predicted molar refractivity (Wildman–Crippen MR) is 85.8 cm³/mol. The molecule has 1 radical (unpaired) electrons. The Morgan fingerprint density at radius 3 is 1.05 bits per heavy atom. The van der Waals surface area contributed by atoms with Gasteiger partial charge in [0.1, 0.15) is 0 Å². The summed E-state index contributed by atoms with van der Waals surface area (Å²) >= 11 is 0. The van der Waals surface area contributed by atoms with Crippen molar-refractivity contribution in [3.63, 3.8) is 0 Å². The van der Waals surface area contributed by atoms with Gasteiger partial charge in [0.2, 0.25) is 0 Å². The molecule has 3 heteroatoms. The molecule has 0 N–H and O–H groups in total. The van der Waals surface area contributed by atoms with Gasteiger partial charge in [0.15, 0.2) is 0 Å². The fraction of sp³-hybridized carbons (Fsp3) is 0. The van der Waals surface area contributed by atoms with Crippen LogP contribution in [-0.2, 0) is 9.83 Å². The molecule has 0 aliphatic rings. The van der Waals surface area contributed by atoms with E-state index in [1.54, 1.807) is 0 Å². The maximum Gasteiger partial charge on any atom is 0.335 e. The van der Waals surface area contributed by atoms with E-state index in [0.717, 1.165) is 15.6 Å². The second kappa shape index (κ2) is 6.05. The molecule has 21 heavy (non-hydrogen) atoms. The van der Waals surface area contributed by atoms with E-state index in [-0.39, 0.29) is 0 Å². The largest absolute Gasteiger partial charge is 0.335 e. The molecule has 0 aliphatic carbocycles. The van der Waals surface area contributed by atoms with Gasteiger partial charge in [-0.3, -0.25) is 0 Å². The van der Waals surface area contributed by atoms with E-state index < -0.39 is 8.32 Å². The van der Waals surface area contributed by atoms with Crippen LogP contribution in [0, 0.1) is 0 Å². The van der Waals surface area contributed by atoms with Crippen molar-refractivity contribution in [2.45, 2.75) is 0 Å². The number of rotatable bonds is 4. The molecule has 2 nitrogen and oxygen atoms in total. The van der Waals surface area contributed by atoms with Gasteiger partial charge in [-0.25, -0.2) is 4.58 Å². The predicted octanol–water partition coefficient (Wildman–Crippen LogP) is 2.02. The molecule has 0 bridgehead atoms. The Kier molecular flexibility index (Phi) is 3.97. The van der Waals surface area contributed by atoms with Crippen LogP contribution in [0.4, 0.5) is 0 Å². The summed E-state index contributed by atoms with van der Waals surface area (Å²) in [5.41, 5.74) is 0. The van der Waals surface area contributed by atoms with Crippen LogP contribution in [0.5, 0.6) is 0 Å². The Labute approximate surface area is 125 Å². The molecule has 0 saturated heterocycles. The standard InChI is InChI=1S/C18H15O2Si/c19-20-21(16-10-4-1-5-11-16,17-12-6-2-7-13-17)18-14-8-3-9-15-18/h1-15H. The summed E-state index contributed by atoms with van der Waals surface area (Å²) < 4.78 is 4.99. The summed E-state index contributed by atoms with van der Waals surface area (Å²) in [6.07, 6.45) is 0. The second-order valence-electron chi connectivity index (χ2n) is 4.86. The molecular weight excluding hydrogens is 276 g/mol. The summed E-state index contributed by atoms with van der Waals surface area (Å²) in [6, 6.07) is 29.4. The van der Waals surface area contributed by atoms with Gasteiger partial charge >= 0.3 is 8.32 Å². The van der Waals surface area contributed by atoms with Crippen molar-refractivity contribution in [3.8, 4) is 0 Å². The van der Waals surface area contributed by atoms with Crippen LogP contribution in [-0.4, -0.2) is 8.32 Å². The molecule has 0 amide bonds. The minimum absolute atomic E-state index is 0.956. The molecule has 0 aromatic heterocycles. The van der Waals surface area contributed by atoms with Crippen molar-refractivity contribution in [2.24, 2.45) is 0 Å². The normalized spacial score (nSPS) is 11.3. The first-order chi connectivity index (χ1) is 10.4. The highest BCUT2D eigenvalue weighted by Gasteiger charge is 2.43. The molecular formula is C18H15O2Si. The lowest BCUT2D eigenvalue weighted by atomic mass is 10.3. The quantitative estimate of drug-likeness (QED) is 0.313. The Hall–Kier alpha value is -2.20. The third kappa shape index (κ3) is 2.42. The van der Waals surface area contributed by atoms with Crippen LogP contribution < -0.4 is 15.6 Å². The summed E-state index contributed by atoms with van der Waals surface area (Å²) in [5, 5.41) is 14.8. The molecule has 0 unspecified atom stereocenters. The summed E-state index contributed by atoms with van der Waals surface area (Å²) in [4.78, 5) is 0. The van der Waals surface area contributed by atoms with Crippen LogP contribution in [0.25, 0.3) is 0 Å². The van der Waals surface area contributed by atoms with Crippen molar-refractivity contribution >= 4 is 23.9 Å². The first-order valence-electron chi connectivity index (χ1n) is 6.85. The zero-order valence-electron chi connectivity index (χ0n) is 11.5. The Bertz CT molecular complexity index is 588. The monoisotopic (exact) mass is 291 g/mol. The molecule has 103 valence electrons. The lowest BCUT2D eigenvalue weighted by Crippen LogP contribution is -2.68. The highest BCUT2D eigenvalue weighted by atomic mass is 28.4. The minimum atomic E-state index is -2.95. The highest BCUT2D eigenvalue weighted by Crippen LogP contribution is 2.08. The molecule has 0 atom stereocenters. The van der Waals surface area contributed by atoms with Crippen molar-refractivity contribution in [1.29, 1.82) is 0 Å². The fourth-order valence-corrected chi connectivity index (χ4v) is 5.94. The average Bonchev–Trinajstić information content (AvgIpc) is 2.59. The van der Waals surface area contributed by atoms with Gasteiger partial charge < -0.3 is 0 Å². The zero-order chi connectivity index (χ0) is 14.5. The summed E-state index contributed by atoms with van der Waals surface area (Å²) in [7, 11) is -2.95. The van der Waals surface area contributed by atoms with Gasteiger partial charge in [-0.05, 0) is 20.8 Å². The summed E-state index contributed by atoms with van der Waals surface area (Å²) in [6.45, 7) is 0. The smallest absolute Gasteiger partial charge is 0.237 e. The highest BCUT2D eigenvalue weighted by molar-refractivity contribution is 7.06. The van der Waals surface area contributed by atoms with Crippen LogP contribution in [0.3, 0.4) is 0 Å². The fourth-order valence-electron chi connectivity index (χ4n) is 2.66. The third-order valence-corrected chi connectivity index (χ3v) is 7.36. The molecule has 0 spiro atoms. The van der Waals surface area contributed by atoms with E-state index in [4.69, 9.17) is 4.58 Å². The average molecular weight is 291 g/mol. The van der Waals surface area contributed by atoms with Gasteiger partial charge in [-0.15, -0.1) is 0 Å². The van der Waals surface area contributed by atoms with Gasteiger partial charge in [0, 0.05) is 0 Å². The van der Waals surface area contributed by atoms with E-state index in [1.165, 1.54) is 0 Å². The van der Waals surface area contributed by atoms with Gasteiger partial charge in [0.25, 0.3) is 0 Å². The van der Waals surface area contributed by atoms with Gasteiger partial charge in [-0.1, -0.05) is 91.0 Å². The van der Waals surface area contributed by atoms with Crippen LogP contribution >= 0.6 is 0 Å². The first-order valence-corrected chi connectivity index (χ1v) is 8.76. The van der Waals surface area contributed by atoms with Crippen molar-refractivity contribution in [2.75, 3.05) is 0 Å². The number of hydrogen-bond donors (Lipinski definition) is 0. The Balaban J connectivity index is 2.29. The van der Waals surface area contributed by atoms with E-state index in [0.29, 0.717) is 0 Å². The Morgan fingerprint density at radius 1 is 0.524 bits per heavy atom. The van der Waals surface area contributed by atoms with Gasteiger partial charge in [0.05, 0.1) is 0 Å². The number of benzene rings is 3. The van der Waals surface area contributed by atoms with Crippen molar-refractivity contribution in [3.05, 3.63) is 91.0 Å². The molecule has 0 heterocycles. The lowest BCUT2D eigenvalue weighted by molar-refractivity contribution is -0.216. The topological polar surface area (TPSA) is 29.1 Å². The maximum atomic E-state index is 11.9. The van der Waals surface area contributed by atoms with Crippen LogP contribution in [0.15, 0.2) is 91.0 Å². The molecule has 3 aromatic rings. The van der Waals surface area contributed by atoms with E-state index >= 15 is 0 Å². The lowest BCUT2D eigenvalue weighted by Gasteiger charge is -2.27. The van der Waals surface area contributed by atoms with E-state index in [9.17, 15) is 5.26 Å². The number of hydrogen-bond acceptors (Lipinski definition) is 1. The van der Waals surface area contributed by atoms with Gasteiger partial charge in [-0.2, -0.15) is 0 Å². The zero-order valence-corrected chi connectivity index (χ0v) is 12.5. The van der Waals surface area contributed by atoms with Crippen molar-refractivity contribution in [1.82, 2.24) is 0 Å². The second-order valence-corrected chi connectivity index (χ2v) is 8.12. The summed E-state index contributed by atoms with van der Waals surface area (Å²) in [5.74, 6) is 0. The van der Waals surface area contributed by atoms with Crippen LogP contribution in [0.1, 0.15) is 0 Å². The van der Waals surface area contributed by atoms with E-state index in [1.807, 2.05) is 91.0 Å². The third-order valence-electron chi connectivity index (χ3n) is 3.67. The molecule has 0 aliphatic heterocycles. The maximum absolute atomic E-state index is 11.9.